The molecule has 2 rings (SSSR count). The molecule has 0 radical (unpaired) electrons. The normalized spacial score (nSPS) is 23.5. The molecule has 1 saturated heterocycles. The van der Waals surface area contributed by atoms with Crippen LogP contribution in [0.1, 0.15) is 18.9 Å². The van der Waals surface area contributed by atoms with Crippen LogP contribution in [-0.4, -0.2) is 30.9 Å². The number of benzene rings is 1. The lowest BCUT2D eigenvalue weighted by Crippen LogP contribution is -2.39. The smallest absolute Gasteiger partial charge is 0.227 e. The van der Waals surface area contributed by atoms with Gasteiger partial charge in [-0.3, -0.25) is 9.69 Å². The minimum Gasteiger partial charge on any atom is -0.398 e. The Bertz CT molecular complexity index is 492. The van der Waals surface area contributed by atoms with Crippen LogP contribution in [-0.2, 0) is 11.3 Å². The van der Waals surface area contributed by atoms with E-state index < -0.39 is 0 Å². The molecule has 0 aliphatic carbocycles. The number of nitrogens with zero attached hydrogens (tertiary/aromatic N) is 1. The fourth-order valence-corrected chi connectivity index (χ4v) is 2.81. The molecule has 1 fully saturated rings. The largest absolute Gasteiger partial charge is 0.398 e. The van der Waals surface area contributed by atoms with Gasteiger partial charge < -0.3 is 11.1 Å². The lowest BCUT2D eigenvalue weighted by Gasteiger charge is -2.23. The molecule has 1 amide bonds. The Morgan fingerprint density at radius 1 is 1.58 bits per heavy atom. The zero-order valence-corrected chi connectivity index (χ0v) is 12.1. The van der Waals surface area contributed by atoms with Gasteiger partial charge in [-0.05, 0) is 37.6 Å². The molecule has 0 aromatic heterocycles. The van der Waals surface area contributed by atoms with Crippen molar-refractivity contribution in [2.45, 2.75) is 19.9 Å². The molecular formula is C14H20ClN3O. The highest BCUT2D eigenvalue weighted by molar-refractivity contribution is 6.30. The second-order valence-electron chi connectivity index (χ2n) is 5.44. The molecule has 1 unspecified atom stereocenters. The number of nitrogens with two attached hydrogens (primary N) is 1. The Morgan fingerprint density at radius 3 is 2.95 bits per heavy atom. The number of amides is 1. The summed E-state index contributed by atoms with van der Waals surface area (Å²) in [6.45, 7) is 4.44. The fourth-order valence-electron chi connectivity index (χ4n) is 2.63. The van der Waals surface area contributed by atoms with Gasteiger partial charge in [0.1, 0.15) is 0 Å². The molecule has 0 bridgehead atoms. The van der Waals surface area contributed by atoms with Crippen molar-refractivity contribution in [2.75, 3.05) is 25.9 Å². The Balaban J connectivity index is 2.04. The van der Waals surface area contributed by atoms with Crippen molar-refractivity contribution in [3.8, 4) is 0 Å². The van der Waals surface area contributed by atoms with E-state index in [-0.39, 0.29) is 11.3 Å². The predicted molar refractivity (Wildman–Crippen MR) is 77.9 cm³/mol. The highest BCUT2D eigenvalue weighted by Crippen LogP contribution is 2.31. The molecule has 19 heavy (non-hydrogen) atoms. The van der Waals surface area contributed by atoms with Gasteiger partial charge in [-0.1, -0.05) is 17.7 Å². The number of nitrogen functional groups attached to an aromatic ring is 1. The Labute approximate surface area is 118 Å². The van der Waals surface area contributed by atoms with Crippen LogP contribution in [0.3, 0.4) is 0 Å². The van der Waals surface area contributed by atoms with E-state index in [1.807, 2.05) is 19.1 Å². The van der Waals surface area contributed by atoms with Gasteiger partial charge in [-0.15, -0.1) is 0 Å². The molecule has 1 aliphatic heterocycles. The summed E-state index contributed by atoms with van der Waals surface area (Å²) in [4.78, 5) is 14.1. The van der Waals surface area contributed by atoms with E-state index >= 15 is 0 Å². The summed E-state index contributed by atoms with van der Waals surface area (Å²) in [5.74, 6) is 0.110. The third-order valence-electron chi connectivity index (χ3n) is 3.83. The van der Waals surface area contributed by atoms with Gasteiger partial charge in [0.05, 0.1) is 5.41 Å². The van der Waals surface area contributed by atoms with Gasteiger partial charge in [-0.2, -0.15) is 0 Å². The second kappa shape index (κ2) is 5.39. The van der Waals surface area contributed by atoms with Gasteiger partial charge in [0.25, 0.3) is 0 Å². The highest BCUT2D eigenvalue weighted by Gasteiger charge is 2.39. The molecular weight excluding hydrogens is 262 g/mol. The number of hydrogen-bond donors (Lipinski definition) is 2. The maximum Gasteiger partial charge on any atom is 0.227 e. The number of hydrogen-bond acceptors (Lipinski definition) is 3. The van der Waals surface area contributed by atoms with Crippen LogP contribution >= 0.6 is 11.6 Å². The van der Waals surface area contributed by atoms with Crippen LogP contribution in [0.15, 0.2) is 18.2 Å². The van der Waals surface area contributed by atoms with Crippen LogP contribution in [0.5, 0.6) is 0 Å². The second-order valence-corrected chi connectivity index (χ2v) is 5.88. The summed E-state index contributed by atoms with van der Waals surface area (Å²) >= 11 is 5.89. The number of likely N-dealkylation sites (tertiary alicyclic amines) is 1. The van der Waals surface area contributed by atoms with Crippen LogP contribution < -0.4 is 11.1 Å². The summed E-state index contributed by atoms with van der Waals surface area (Å²) in [7, 11) is 1.69. The zero-order valence-electron chi connectivity index (χ0n) is 11.4. The Kier molecular flexibility index (Phi) is 4.02. The summed E-state index contributed by atoms with van der Waals surface area (Å²) in [5.41, 5.74) is 7.44. The first-order valence-electron chi connectivity index (χ1n) is 6.43. The minimum absolute atomic E-state index is 0.110. The predicted octanol–water partition coefficient (Wildman–Crippen LogP) is 1.88. The van der Waals surface area contributed by atoms with Crippen LogP contribution in [0.25, 0.3) is 0 Å². The van der Waals surface area contributed by atoms with E-state index in [0.29, 0.717) is 10.7 Å². The topological polar surface area (TPSA) is 58.4 Å². The van der Waals surface area contributed by atoms with Crippen molar-refractivity contribution in [1.29, 1.82) is 0 Å². The molecule has 5 heteroatoms. The Hall–Kier alpha value is -1.26. The number of carbonyl (C=O) groups is 1. The van der Waals surface area contributed by atoms with E-state index in [1.54, 1.807) is 13.1 Å². The average molecular weight is 282 g/mol. The molecule has 104 valence electrons. The summed E-state index contributed by atoms with van der Waals surface area (Å²) < 4.78 is 0. The Morgan fingerprint density at radius 2 is 2.32 bits per heavy atom. The van der Waals surface area contributed by atoms with Crippen LogP contribution in [0, 0.1) is 5.41 Å². The summed E-state index contributed by atoms with van der Waals surface area (Å²) in [5, 5.41) is 3.39. The van der Waals surface area contributed by atoms with E-state index in [1.165, 1.54) is 0 Å². The lowest BCUT2D eigenvalue weighted by atomic mass is 9.89. The average Bonchev–Trinajstić information content (AvgIpc) is 2.75. The lowest BCUT2D eigenvalue weighted by molar-refractivity contribution is -0.129. The van der Waals surface area contributed by atoms with E-state index in [9.17, 15) is 4.79 Å². The van der Waals surface area contributed by atoms with E-state index in [2.05, 4.69) is 10.2 Å². The van der Waals surface area contributed by atoms with Crippen molar-refractivity contribution in [3.63, 3.8) is 0 Å². The maximum atomic E-state index is 11.9. The quantitative estimate of drug-likeness (QED) is 0.832. The molecule has 1 aromatic carbocycles. The van der Waals surface area contributed by atoms with Crippen molar-refractivity contribution < 1.29 is 4.79 Å². The van der Waals surface area contributed by atoms with Crippen molar-refractivity contribution in [3.05, 3.63) is 28.8 Å². The minimum atomic E-state index is -0.296. The zero-order chi connectivity index (χ0) is 14.0. The first kappa shape index (κ1) is 14.2. The molecule has 0 spiro atoms. The van der Waals surface area contributed by atoms with Crippen molar-refractivity contribution >= 4 is 23.2 Å². The fraction of sp³-hybridized carbons (Fsp3) is 0.500. The van der Waals surface area contributed by atoms with Gasteiger partial charge in [0.2, 0.25) is 5.91 Å². The molecule has 1 atom stereocenters. The highest BCUT2D eigenvalue weighted by atomic mass is 35.5. The maximum absolute atomic E-state index is 11.9. The van der Waals surface area contributed by atoms with Crippen molar-refractivity contribution in [1.82, 2.24) is 10.2 Å². The number of carbonyl (C=O) groups excluding carboxylic acids is 1. The number of rotatable bonds is 3. The van der Waals surface area contributed by atoms with Gasteiger partial charge >= 0.3 is 0 Å². The summed E-state index contributed by atoms with van der Waals surface area (Å²) in [6, 6.07) is 5.57. The summed E-state index contributed by atoms with van der Waals surface area (Å²) in [6.07, 6.45) is 0.875. The first-order chi connectivity index (χ1) is 8.94. The number of anilines is 1. The van der Waals surface area contributed by atoms with E-state index in [0.717, 1.165) is 31.6 Å². The monoisotopic (exact) mass is 281 g/mol. The molecule has 1 aliphatic rings. The standard InChI is InChI=1S/C14H20ClN3O/c1-14(13(19)17-2)5-6-18(9-14)8-10-3-4-11(15)7-12(10)16/h3-4,7H,5-6,8-9,16H2,1-2H3,(H,17,19). The third kappa shape index (κ3) is 3.01. The van der Waals surface area contributed by atoms with Gasteiger partial charge in [0.15, 0.2) is 0 Å². The van der Waals surface area contributed by atoms with Crippen LogP contribution in [0.2, 0.25) is 5.02 Å². The molecule has 0 saturated carbocycles. The molecule has 1 heterocycles. The number of nitrogens with one attached hydrogen (secondary N) is 1. The SMILES string of the molecule is CNC(=O)C1(C)CCN(Cc2ccc(Cl)cc2N)C1. The number of halogens is 1. The first-order valence-corrected chi connectivity index (χ1v) is 6.81. The molecule has 4 nitrogen and oxygen atoms in total. The molecule has 3 N–H and O–H groups in total. The van der Waals surface area contributed by atoms with Crippen LogP contribution in [0.4, 0.5) is 5.69 Å². The molecule has 1 aromatic rings. The van der Waals surface area contributed by atoms with Gasteiger partial charge in [0, 0.05) is 30.8 Å². The third-order valence-corrected chi connectivity index (χ3v) is 4.06. The van der Waals surface area contributed by atoms with E-state index in [4.69, 9.17) is 17.3 Å². The van der Waals surface area contributed by atoms with Crippen molar-refractivity contribution in [2.24, 2.45) is 5.41 Å². The van der Waals surface area contributed by atoms with Gasteiger partial charge in [-0.25, -0.2) is 0 Å².